The Morgan fingerprint density at radius 1 is 1.08 bits per heavy atom. The van der Waals surface area contributed by atoms with Crippen LogP contribution >= 0.6 is 0 Å². The maximum Gasteiger partial charge on any atom is 0.573 e. The molecule has 39 heavy (non-hydrogen) atoms. The molecule has 3 N–H and O–H groups in total. The lowest BCUT2D eigenvalue weighted by molar-refractivity contribution is -0.274. The van der Waals surface area contributed by atoms with Crippen molar-refractivity contribution >= 4 is 16.6 Å². The van der Waals surface area contributed by atoms with Gasteiger partial charge in [-0.1, -0.05) is 6.07 Å². The number of fused-ring (bicyclic) bond motifs is 1. The van der Waals surface area contributed by atoms with E-state index >= 15 is 0 Å². The van der Waals surface area contributed by atoms with Crippen molar-refractivity contribution in [2.75, 3.05) is 11.9 Å². The lowest BCUT2D eigenvalue weighted by Crippen LogP contribution is -2.61. The van der Waals surface area contributed by atoms with E-state index in [0.29, 0.717) is 28.1 Å². The number of phenolic OH excluding ortho intramolecular Hbond substituents is 1. The van der Waals surface area contributed by atoms with Crippen molar-refractivity contribution in [1.29, 1.82) is 0 Å². The van der Waals surface area contributed by atoms with Crippen LogP contribution in [0, 0.1) is 0 Å². The van der Waals surface area contributed by atoms with E-state index < -0.39 is 12.1 Å². The molecule has 5 rings (SSSR count). The predicted molar refractivity (Wildman–Crippen MR) is 147 cm³/mol. The van der Waals surface area contributed by atoms with Gasteiger partial charge in [-0.3, -0.25) is 4.68 Å². The third kappa shape index (κ3) is 5.56. The largest absolute Gasteiger partial charge is 0.573 e. The molecule has 0 atom stereocenters. The minimum Gasteiger partial charge on any atom is -0.507 e. The lowest BCUT2D eigenvalue weighted by atomic mass is 9.79. The fraction of sp³-hybridized carbons (Fsp3) is 0.414. The van der Waals surface area contributed by atoms with E-state index in [2.05, 4.69) is 59.8 Å². The van der Waals surface area contributed by atoms with Gasteiger partial charge in [-0.2, -0.15) is 5.10 Å². The topological polar surface area (TPSA) is 78.3 Å². The van der Waals surface area contributed by atoms with Gasteiger partial charge in [0.15, 0.2) is 0 Å². The number of phenols is 1. The molecule has 1 saturated heterocycles. The van der Waals surface area contributed by atoms with Crippen LogP contribution in [0.1, 0.15) is 40.5 Å². The number of aromatic amines is 1. The Hall–Kier alpha value is -3.66. The van der Waals surface area contributed by atoms with Gasteiger partial charge in [0.05, 0.1) is 11.8 Å². The maximum absolute atomic E-state index is 13.4. The van der Waals surface area contributed by atoms with Gasteiger partial charge in [0.2, 0.25) is 0 Å². The maximum atomic E-state index is 13.4. The number of hydrogen-bond acceptors (Lipinski definition) is 5. The minimum atomic E-state index is -4.94. The molecule has 0 saturated carbocycles. The molecular weight excluding hydrogens is 507 g/mol. The molecule has 4 aromatic rings. The predicted octanol–water partition coefficient (Wildman–Crippen LogP) is 6.59. The van der Waals surface area contributed by atoms with E-state index in [1.54, 1.807) is 19.4 Å². The zero-order valence-corrected chi connectivity index (χ0v) is 22.9. The number of alkyl halides is 3. The van der Waals surface area contributed by atoms with Crippen LogP contribution < -0.4 is 15.0 Å². The Morgan fingerprint density at radius 2 is 1.77 bits per heavy atom. The third-order valence-corrected chi connectivity index (χ3v) is 7.40. The highest BCUT2D eigenvalue weighted by Crippen LogP contribution is 2.46. The second-order valence-electron chi connectivity index (χ2n) is 11.8. The number of piperidine rings is 1. The summed E-state index contributed by atoms with van der Waals surface area (Å²) >= 11 is 0. The number of nitrogens with one attached hydrogen (secondary N) is 2. The Balaban J connectivity index is 1.54. The number of aromatic nitrogens is 3. The first-order valence-corrected chi connectivity index (χ1v) is 12.9. The normalized spacial score (nSPS) is 17.5. The molecule has 0 spiro atoms. The molecule has 1 aliphatic heterocycles. The Bertz CT molecular complexity index is 1500. The first-order valence-electron chi connectivity index (χ1n) is 12.9. The number of anilines is 1. The van der Waals surface area contributed by atoms with Crippen molar-refractivity contribution < 1.29 is 23.0 Å². The number of rotatable bonds is 5. The van der Waals surface area contributed by atoms with E-state index in [1.165, 1.54) is 23.0 Å². The van der Waals surface area contributed by atoms with Crippen molar-refractivity contribution in [3.8, 4) is 33.8 Å². The van der Waals surface area contributed by atoms with Crippen molar-refractivity contribution in [1.82, 2.24) is 20.1 Å². The summed E-state index contributed by atoms with van der Waals surface area (Å²) in [6.07, 6.45) is 1.77. The van der Waals surface area contributed by atoms with Gasteiger partial charge < -0.3 is 25.0 Å². The number of H-pyrrole nitrogens is 1. The summed E-state index contributed by atoms with van der Waals surface area (Å²) in [5.74, 6) is -0.806. The van der Waals surface area contributed by atoms with E-state index in [-0.39, 0.29) is 22.4 Å². The Morgan fingerprint density at radius 3 is 2.38 bits per heavy atom. The molecule has 0 radical (unpaired) electrons. The van der Waals surface area contributed by atoms with Gasteiger partial charge in [-0.05, 0) is 70.4 Å². The van der Waals surface area contributed by atoms with Crippen molar-refractivity contribution in [2.45, 2.75) is 64.0 Å². The molecule has 0 aliphatic carbocycles. The summed E-state index contributed by atoms with van der Waals surface area (Å²) in [4.78, 5) is 5.45. The highest BCUT2D eigenvalue weighted by atomic mass is 19.4. The van der Waals surface area contributed by atoms with Gasteiger partial charge in [-0.15, -0.1) is 13.2 Å². The van der Waals surface area contributed by atoms with Gasteiger partial charge in [0.1, 0.15) is 11.5 Å². The Labute approximate surface area is 225 Å². The molecule has 0 unspecified atom stereocenters. The fourth-order valence-electron chi connectivity index (χ4n) is 6.11. The van der Waals surface area contributed by atoms with Crippen LogP contribution in [0.4, 0.5) is 18.9 Å². The Kier molecular flexibility index (Phi) is 6.37. The minimum absolute atomic E-state index is 0.0151. The standard InChI is InChI=1S/C29H34F3N5O2/c1-27(2)12-20(13-28(3,4)35-27)37(6)19-7-8-21-22(15-33-23(21)11-19)26-24(38)9-17(18-14-34-36(5)16-18)10-25(26)39-29(30,31)32/h7-11,14-16,20,33,35,38H,12-13H2,1-6H3. The van der Waals surface area contributed by atoms with Crippen LogP contribution in [0.15, 0.2) is 48.9 Å². The first kappa shape index (κ1) is 26.9. The number of benzene rings is 2. The van der Waals surface area contributed by atoms with Crippen LogP contribution in [-0.4, -0.2) is 50.4 Å². The number of aryl methyl sites for hydroxylation is 1. The van der Waals surface area contributed by atoms with Gasteiger partial charge in [0, 0.05) is 71.3 Å². The number of ether oxygens (including phenoxy) is 1. The second kappa shape index (κ2) is 9.22. The number of aromatic hydroxyl groups is 1. The van der Waals surface area contributed by atoms with E-state index in [4.69, 9.17) is 0 Å². The quantitative estimate of drug-likeness (QED) is 0.266. The second-order valence-corrected chi connectivity index (χ2v) is 11.8. The van der Waals surface area contributed by atoms with Gasteiger partial charge >= 0.3 is 6.36 Å². The molecule has 0 bridgehead atoms. The molecule has 0 amide bonds. The van der Waals surface area contributed by atoms with Crippen LogP contribution in [0.25, 0.3) is 33.2 Å². The molecule has 1 aliphatic rings. The molecule has 2 aromatic heterocycles. The fourth-order valence-corrected chi connectivity index (χ4v) is 6.11. The number of nitrogens with zero attached hydrogens (tertiary/aromatic N) is 3. The average molecular weight is 542 g/mol. The summed E-state index contributed by atoms with van der Waals surface area (Å²) in [6, 6.07) is 8.84. The summed E-state index contributed by atoms with van der Waals surface area (Å²) in [5.41, 5.74) is 3.01. The van der Waals surface area contributed by atoms with Crippen LogP contribution in [0.3, 0.4) is 0 Å². The molecule has 208 valence electrons. The van der Waals surface area contributed by atoms with E-state index in [9.17, 15) is 18.3 Å². The third-order valence-electron chi connectivity index (χ3n) is 7.40. The molecule has 3 heterocycles. The van der Waals surface area contributed by atoms with Gasteiger partial charge in [0.25, 0.3) is 0 Å². The molecule has 1 fully saturated rings. The number of hydrogen-bond donors (Lipinski definition) is 3. The van der Waals surface area contributed by atoms with E-state index in [0.717, 1.165) is 24.0 Å². The lowest BCUT2D eigenvalue weighted by Gasteiger charge is -2.49. The highest BCUT2D eigenvalue weighted by molar-refractivity contribution is 6.00. The van der Waals surface area contributed by atoms with Crippen LogP contribution in [0.2, 0.25) is 0 Å². The van der Waals surface area contributed by atoms with Gasteiger partial charge in [-0.25, -0.2) is 0 Å². The molecule has 2 aromatic carbocycles. The number of halogens is 3. The SMILES string of the molecule is CN(c1ccc2c(-c3c(O)cc(-c4cnn(C)c4)cc3OC(F)(F)F)c[nH]c2c1)C1CC(C)(C)NC(C)(C)C1. The smallest absolute Gasteiger partial charge is 0.507 e. The van der Waals surface area contributed by atoms with Crippen molar-refractivity contribution in [3.05, 3.63) is 48.9 Å². The summed E-state index contributed by atoms with van der Waals surface area (Å²) in [7, 11) is 3.78. The van der Waals surface area contributed by atoms with Crippen LogP contribution in [-0.2, 0) is 7.05 Å². The highest BCUT2D eigenvalue weighted by Gasteiger charge is 2.39. The summed E-state index contributed by atoms with van der Waals surface area (Å²) < 4.78 is 46.3. The summed E-state index contributed by atoms with van der Waals surface area (Å²) in [5, 5.41) is 19.4. The van der Waals surface area contributed by atoms with Crippen molar-refractivity contribution in [3.63, 3.8) is 0 Å². The average Bonchev–Trinajstić information content (AvgIpc) is 3.41. The van der Waals surface area contributed by atoms with Crippen LogP contribution in [0.5, 0.6) is 11.5 Å². The zero-order chi connectivity index (χ0) is 28.3. The summed E-state index contributed by atoms with van der Waals surface area (Å²) in [6.45, 7) is 8.84. The molecular formula is C29H34F3N5O2. The zero-order valence-electron chi connectivity index (χ0n) is 22.9. The van der Waals surface area contributed by atoms with E-state index in [1.807, 2.05) is 18.2 Å². The van der Waals surface area contributed by atoms with Crippen molar-refractivity contribution in [2.24, 2.45) is 7.05 Å². The molecule has 10 heteroatoms. The first-order chi connectivity index (χ1) is 18.1. The molecule has 7 nitrogen and oxygen atoms in total. The monoisotopic (exact) mass is 541 g/mol.